The molecule has 2 N–H and O–H groups in total. The van der Waals surface area contributed by atoms with Crippen LogP contribution in [0.4, 0.5) is 0 Å². The van der Waals surface area contributed by atoms with E-state index in [1.807, 2.05) is 30.3 Å². The topological polar surface area (TPSA) is 65.5 Å². The molecule has 6 heteroatoms. The molecule has 128 valence electrons. The summed E-state index contributed by atoms with van der Waals surface area (Å²) in [4.78, 5) is 18.9. The molecule has 0 bridgehead atoms. The van der Waals surface area contributed by atoms with Crippen LogP contribution in [-0.4, -0.2) is 53.2 Å². The molecule has 0 radical (unpaired) electrons. The highest BCUT2D eigenvalue weighted by atomic mass is 32.1. The molecule has 24 heavy (non-hydrogen) atoms. The van der Waals surface area contributed by atoms with Crippen molar-refractivity contribution in [1.82, 2.24) is 15.2 Å². The van der Waals surface area contributed by atoms with Crippen molar-refractivity contribution in [3.8, 4) is 10.6 Å². The Morgan fingerprint density at radius 3 is 2.96 bits per heavy atom. The highest BCUT2D eigenvalue weighted by Crippen LogP contribution is 2.23. The van der Waals surface area contributed by atoms with E-state index in [1.165, 1.54) is 17.8 Å². The molecule has 3 rings (SSSR count). The number of amides is 1. The molecule has 1 atom stereocenters. The molecule has 0 spiro atoms. The zero-order valence-corrected chi connectivity index (χ0v) is 14.5. The minimum absolute atomic E-state index is 0.133. The van der Waals surface area contributed by atoms with E-state index in [4.69, 9.17) is 0 Å². The number of aliphatic hydroxyl groups is 1. The minimum Gasteiger partial charge on any atom is -0.395 e. The normalized spacial score (nSPS) is 18.5. The minimum atomic E-state index is -0.133. The Kier molecular flexibility index (Phi) is 5.96. The largest absolute Gasteiger partial charge is 0.395 e. The van der Waals surface area contributed by atoms with Gasteiger partial charge in [0.05, 0.1) is 6.61 Å². The van der Waals surface area contributed by atoms with E-state index in [2.05, 4.69) is 15.2 Å². The van der Waals surface area contributed by atoms with E-state index >= 15 is 0 Å². The number of piperidine rings is 1. The van der Waals surface area contributed by atoms with Gasteiger partial charge >= 0.3 is 0 Å². The van der Waals surface area contributed by atoms with Gasteiger partial charge in [0.2, 0.25) is 0 Å². The van der Waals surface area contributed by atoms with E-state index in [-0.39, 0.29) is 18.6 Å². The number of hydrogen-bond acceptors (Lipinski definition) is 5. The lowest BCUT2D eigenvalue weighted by atomic mass is 10.0. The van der Waals surface area contributed by atoms with Gasteiger partial charge in [-0.15, -0.1) is 11.3 Å². The average molecular weight is 345 g/mol. The lowest BCUT2D eigenvalue weighted by Gasteiger charge is -2.34. The maximum absolute atomic E-state index is 12.2. The van der Waals surface area contributed by atoms with Crippen LogP contribution in [0.5, 0.6) is 0 Å². The summed E-state index contributed by atoms with van der Waals surface area (Å²) in [5.74, 6) is -0.133. The molecule has 1 aromatic carbocycles. The van der Waals surface area contributed by atoms with Gasteiger partial charge in [-0.2, -0.15) is 0 Å². The van der Waals surface area contributed by atoms with E-state index in [0.717, 1.165) is 36.5 Å². The van der Waals surface area contributed by atoms with Crippen molar-refractivity contribution in [3.63, 3.8) is 0 Å². The van der Waals surface area contributed by atoms with Gasteiger partial charge < -0.3 is 10.4 Å². The Morgan fingerprint density at radius 2 is 2.17 bits per heavy atom. The average Bonchev–Trinajstić information content (AvgIpc) is 3.13. The number of carbonyl (C=O) groups excluding carboxylic acids is 1. The summed E-state index contributed by atoms with van der Waals surface area (Å²) >= 11 is 1.48. The van der Waals surface area contributed by atoms with Crippen LogP contribution in [0.25, 0.3) is 10.6 Å². The Labute approximate surface area is 146 Å². The third-order valence-electron chi connectivity index (χ3n) is 4.40. The van der Waals surface area contributed by atoms with Crippen molar-refractivity contribution in [1.29, 1.82) is 0 Å². The summed E-state index contributed by atoms with van der Waals surface area (Å²) in [6.07, 6.45) is 3.38. The van der Waals surface area contributed by atoms with E-state index in [0.29, 0.717) is 12.2 Å². The van der Waals surface area contributed by atoms with Gasteiger partial charge in [-0.1, -0.05) is 36.8 Å². The number of rotatable bonds is 6. The Morgan fingerprint density at radius 1 is 1.33 bits per heavy atom. The first-order valence-electron chi connectivity index (χ1n) is 8.42. The smallest absolute Gasteiger partial charge is 0.270 e. The van der Waals surface area contributed by atoms with Crippen molar-refractivity contribution in [2.75, 3.05) is 26.2 Å². The molecule has 1 amide bonds. The van der Waals surface area contributed by atoms with Gasteiger partial charge in [-0.25, -0.2) is 4.98 Å². The SMILES string of the molecule is O=C(NCCN1CCCC[C@@H]1CO)c1csc(-c2ccccc2)n1. The Balaban J connectivity index is 1.51. The monoisotopic (exact) mass is 345 g/mol. The Bertz CT molecular complexity index is 659. The maximum atomic E-state index is 12.2. The third kappa shape index (κ3) is 4.20. The lowest BCUT2D eigenvalue weighted by molar-refractivity contribution is 0.0847. The molecule has 0 unspecified atom stereocenters. The van der Waals surface area contributed by atoms with Crippen molar-refractivity contribution >= 4 is 17.2 Å². The number of nitrogens with zero attached hydrogens (tertiary/aromatic N) is 2. The zero-order valence-electron chi connectivity index (χ0n) is 13.6. The molecule has 5 nitrogen and oxygen atoms in total. The van der Waals surface area contributed by atoms with Crippen LogP contribution in [-0.2, 0) is 0 Å². The summed E-state index contributed by atoms with van der Waals surface area (Å²) in [6, 6.07) is 10.1. The predicted octanol–water partition coefficient (Wildman–Crippen LogP) is 2.39. The number of hydrogen-bond donors (Lipinski definition) is 2. The zero-order chi connectivity index (χ0) is 16.8. The molecular formula is C18H23N3O2S. The molecule has 0 aliphatic carbocycles. The van der Waals surface area contributed by atoms with Crippen molar-refractivity contribution in [2.45, 2.75) is 25.3 Å². The van der Waals surface area contributed by atoms with E-state index in [1.54, 1.807) is 5.38 Å². The molecular weight excluding hydrogens is 322 g/mol. The number of likely N-dealkylation sites (tertiary alicyclic amines) is 1. The first-order chi connectivity index (χ1) is 11.8. The van der Waals surface area contributed by atoms with Crippen LogP contribution in [0.2, 0.25) is 0 Å². The molecule has 1 saturated heterocycles. The van der Waals surface area contributed by atoms with Crippen LogP contribution < -0.4 is 5.32 Å². The van der Waals surface area contributed by atoms with Crippen molar-refractivity contribution < 1.29 is 9.90 Å². The number of nitrogens with one attached hydrogen (secondary N) is 1. The standard InChI is InChI=1S/C18H23N3O2S/c22-12-15-8-4-5-10-21(15)11-9-19-17(23)16-13-24-18(20-16)14-6-2-1-3-7-14/h1-3,6-7,13,15,22H,4-5,8-12H2,(H,19,23)/t15-/m1/s1. The fourth-order valence-corrected chi connectivity index (χ4v) is 3.86. The summed E-state index contributed by atoms with van der Waals surface area (Å²) < 4.78 is 0. The molecule has 2 heterocycles. The first kappa shape index (κ1) is 17.1. The van der Waals surface area contributed by atoms with Crippen LogP contribution in [0.3, 0.4) is 0 Å². The highest BCUT2D eigenvalue weighted by Gasteiger charge is 2.21. The molecule has 1 aliphatic rings. The predicted molar refractivity (Wildman–Crippen MR) is 96.2 cm³/mol. The number of aromatic nitrogens is 1. The second kappa shape index (κ2) is 8.37. The molecule has 2 aromatic rings. The lowest BCUT2D eigenvalue weighted by Crippen LogP contribution is -2.45. The number of benzene rings is 1. The summed E-state index contributed by atoms with van der Waals surface area (Å²) in [5.41, 5.74) is 1.50. The molecule has 1 aromatic heterocycles. The second-order valence-electron chi connectivity index (χ2n) is 6.03. The number of aliphatic hydroxyl groups excluding tert-OH is 1. The summed E-state index contributed by atoms with van der Waals surface area (Å²) in [7, 11) is 0. The van der Waals surface area contributed by atoms with Gasteiger partial charge in [0.15, 0.2) is 0 Å². The van der Waals surface area contributed by atoms with Crippen LogP contribution in [0, 0.1) is 0 Å². The van der Waals surface area contributed by atoms with Crippen LogP contribution >= 0.6 is 11.3 Å². The van der Waals surface area contributed by atoms with Gasteiger partial charge in [-0.3, -0.25) is 9.69 Å². The summed E-state index contributed by atoms with van der Waals surface area (Å²) in [5, 5.41) is 15.0. The number of thiazole rings is 1. The number of carbonyl (C=O) groups is 1. The van der Waals surface area contributed by atoms with E-state index in [9.17, 15) is 9.90 Å². The van der Waals surface area contributed by atoms with Gasteiger partial charge in [0.1, 0.15) is 10.7 Å². The second-order valence-corrected chi connectivity index (χ2v) is 6.89. The molecule has 1 fully saturated rings. The third-order valence-corrected chi connectivity index (χ3v) is 5.29. The molecule has 0 saturated carbocycles. The summed E-state index contributed by atoms with van der Waals surface area (Å²) in [6.45, 7) is 2.54. The van der Waals surface area contributed by atoms with Gasteiger partial charge in [-0.05, 0) is 19.4 Å². The quantitative estimate of drug-likeness (QED) is 0.844. The van der Waals surface area contributed by atoms with Gasteiger partial charge in [0.25, 0.3) is 5.91 Å². The van der Waals surface area contributed by atoms with Gasteiger partial charge in [0, 0.05) is 30.1 Å². The Hall–Kier alpha value is -1.76. The first-order valence-corrected chi connectivity index (χ1v) is 9.30. The van der Waals surface area contributed by atoms with E-state index < -0.39 is 0 Å². The van der Waals surface area contributed by atoms with Crippen LogP contribution in [0.1, 0.15) is 29.8 Å². The fraction of sp³-hybridized carbons (Fsp3) is 0.444. The maximum Gasteiger partial charge on any atom is 0.270 e. The van der Waals surface area contributed by atoms with Crippen molar-refractivity contribution in [2.24, 2.45) is 0 Å². The van der Waals surface area contributed by atoms with Crippen molar-refractivity contribution in [3.05, 3.63) is 41.4 Å². The fourth-order valence-electron chi connectivity index (χ4n) is 3.06. The highest BCUT2D eigenvalue weighted by molar-refractivity contribution is 7.13. The molecule has 1 aliphatic heterocycles. The van der Waals surface area contributed by atoms with Crippen LogP contribution in [0.15, 0.2) is 35.7 Å².